The first-order chi connectivity index (χ1) is 10.6. The van der Waals surface area contributed by atoms with E-state index < -0.39 is 0 Å². The van der Waals surface area contributed by atoms with Gasteiger partial charge < -0.3 is 15.0 Å². The van der Waals surface area contributed by atoms with Gasteiger partial charge in [-0.05, 0) is 37.1 Å². The summed E-state index contributed by atoms with van der Waals surface area (Å²) in [6.07, 6.45) is 2.12. The fraction of sp³-hybridized carbons (Fsp3) is 0.471. The summed E-state index contributed by atoms with van der Waals surface area (Å²) in [5, 5.41) is 9.88. The van der Waals surface area contributed by atoms with E-state index >= 15 is 0 Å². The molecular formula is C17H23FN2O2. The van der Waals surface area contributed by atoms with Gasteiger partial charge in [0.2, 0.25) is 5.91 Å². The zero-order valence-corrected chi connectivity index (χ0v) is 13.2. The molecule has 1 aromatic carbocycles. The molecule has 2 N–H and O–H groups in total. The lowest BCUT2D eigenvalue weighted by Crippen LogP contribution is -2.35. The molecule has 0 radical (unpaired) electrons. The molecule has 0 atom stereocenters. The van der Waals surface area contributed by atoms with Gasteiger partial charge in [-0.25, -0.2) is 4.39 Å². The Balaban J connectivity index is 2.23. The summed E-state index contributed by atoms with van der Waals surface area (Å²) in [4.78, 5) is 17.4. The zero-order chi connectivity index (χ0) is 16.1. The predicted molar refractivity (Wildman–Crippen MR) is 85.3 cm³/mol. The molecule has 1 aromatic heterocycles. The molecule has 0 fully saturated rings. The van der Waals surface area contributed by atoms with Crippen LogP contribution in [0.2, 0.25) is 0 Å². The van der Waals surface area contributed by atoms with Gasteiger partial charge in [-0.15, -0.1) is 0 Å². The average Bonchev–Trinajstić information content (AvgIpc) is 2.79. The van der Waals surface area contributed by atoms with Crippen molar-refractivity contribution in [3.8, 4) is 0 Å². The Bertz CT molecular complexity index is 651. The van der Waals surface area contributed by atoms with Crippen molar-refractivity contribution in [3.63, 3.8) is 0 Å². The molecular weight excluding hydrogens is 283 g/mol. The number of unbranched alkanes of at least 4 members (excludes halogenated alkanes) is 1. The Morgan fingerprint density at radius 1 is 1.36 bits per heavy atom. The molecule has 120 valence electrons. The lowest BCUT2D eigenvalue weighted by atomic mass is 10.1. The molecule has 22 heavy (non-hydrogen) atoms. The normalized spacial score (nSPS) is 11.1. The topological polar surface area (TPSA) is 56.3 Å². The van der Waals surface area contributed by atoms with E-state index in [1.54, 1.807) is 11.0 Å². The molecule has 0 aliphatic heterocycles. The average molecular weight is 306 g/mol. The van der Waals surface area contributed by atoms with Crippen LogP contribution in [0.4, 0.5) is 4.39 Å². The number of amides is 1. The van der Waals surface area contributed by atoms with Crippen LogP contribution in [0.3, 0.4) is 0 Å². The Morgan fingerprint density at radius 3 is 2.82 bits per heavy atom. The van der Waals surface area contributed by atoms with E-state index in [4.69, 9.17) is 5.11 Å². The number of hydrogen-bond acceptors (Lipinski definition) is 2. The first-order valence-corrected chi connectivity index (χ1v) is 7.72. The molecule has 0 bridgehead atoms. The molecule has 0 spiro atoms. The number of rotatable bonds is 7. The third kappa shape index (κ3) is 3.65. The van der Waals surface area contributed by atoms with Crippen molar-refractivity contribution >= 4 is 16.8 Å². The number of fused-ring (bicyclic) bond motifs is 1. The van der Waals surface area contributed by atoms with Crippen molar-refractivity contribution in [1.29, 1.82) is 0 Å². The molecule has 5 heteroatoms. The lowest BCUT2D eigenvalue weighted by Gasteiger charge is -2.21. The maximum absolute atomic E-state index is 13.5. The van der Waals surface area contributed by atoms with Crippen LogP contribution in [-0.2, 0) is 11.2 Å². The molecule has 0 aliphatic rings. The molecule has 0 aliphatic carbocycles. The number of aliphatic hydroxyl groups is 1. The summed E-state index contributed by atoms with van der Waals surface area (Å²) in [5.74, 6) is -0.339. The number of aryl methyl sites for hydroxylation is 1. The largest absolute Gasteiger partial charge is 0.395 e. The molecule has 1 amide bonds. The minimum atomic E-state index is -0.307. The standard InChI is InChI=1S/C17H23FN2O2/c1-3-4-7-20(8-9-21)17(22)11-14-12(2)19-16-6-5-13(18)10-15(14)16/h5-6,10,19,21H,3-4,7-9,11H2,1-2H3. The van der Waals surface area contributed by atoms with E-state index in [-0.39, 0.29) is 24.8 Å². The molecule has 2 aromatic rings. The quantitative estimate of drug-likeness (QED) is 0.826. The highest BCUT2D eigenvalue weighted by atomic mass is 19.1. The smallest absolute Gasteiger partial charge is 0.227 e. The number of aliphatic hydroxyl groups excluding tert-OH is 1. The number of H-pyrrole nitrogens is 1. The van der Waals surface area contributed by atoms with Crippen molar-refractivity contribution in [3.05, 3.63) is 35.3 Å². The third-order valence-electron chi connectivity index (χ3n) is 3.91. The van der Waals surface area contributed by atoms with Gasteiger partial charge in [0.15, 0.2) is 0 Å². The number of benzene rings is 1. The SMILES string of the molecule is CCCCN(CCO)C(=O)Cc1c(C)[nH]c2ccc(F)cc12. The number of carbonyl (C=O) groups is 1. The van der Waals surface area contributed by atoms with Crippen LogP contribution in [-0.4, -0.2) is 40.6 Å². The summed E-state index contributed by atoms with van der Waals surface area (Å²) in [6, 6.07) is 4.56. The number of halogens is 1. The van der Waals surface area contributed by atoms with Gasteiger partial charge in [-0.2, -0.15) is 0 Å². The first kappa shape index (κ1) is 16.5. The van der Waals surface area contributed by atoms with E-state index in [1.165, 1.54) is 12.1 Å². The van der Waals surface area contributed by atoms with Crippen LogP contribution in [0.1, 0.15) is 31.0 Å². The van der Waals surface area contributed by atoms with Crippen LogP contribution in [0, 0.1) is 12.7 Å². The van der Waals surface area contributed by atoms with Crippen LogP contribution >= 0.6 is 0 Å². The van der Waals surface area contributed by atoms with E-state index in [9.17, 15) is 9.18 Å². The molecule has 2 rings (SSSR count). The van der Waals surface area contributed by atoms with Gasteiger partial charge in [0.05, 0.1) is 13.0 Å². The van der Waals surface area contributed by atoms with Crippen LogP contribution in [0.25, 0.3) is 10.9 Å². The second kappa shape index (κ2) is 7.40. The van der Waals surface area contributed by atoms with Gasteiger partial charge in [-0.1, -0.05) is 13.3 Å². The van der Waals surface area contributed by atoms with Gasteiger partial charge in [-0.3, -0.25) is 4.79 Å². The molecule has 0 saturated heterocycles. The van der Waals surface area contributed by atoms with E-state index in [0.717, 1.165) is 35.0 Å². The number of nitrogens with one attached hydrogen (secondary N) is 1. The van der Waals surface area contributed by atoms with Crippen LogP contribution < -0.4 is 0 Å². The Morgan fingerprint density at radius 2 is 2.14 bits per heavy atom. The molecule has 0 unspecified atom stereocenters. The van der Waals surface area contributed by atoms with Crippen LogP contribution in [0.5, 0.6) is 0 Å². The lowest BCUT2D eigenvalue weighted by molar-refractivity contribution is -0.131. The Hall–Kier alpha value is -1.88. The molecule has 4 nitrogen and oxygen atoms in total. The summed E-state index contributed by atoms with van der Waals surface area (Å²) in [6.45, 7) is 4.90. The Labute approximate surface area is 129 Å². The minimum absolute atomic E-state index is 0.0317. The first-order valence-electron chi connectivity index (χ1n) is 7.72. The fourth-order valence-electron chi connectivity index (χ4n) is 2.68. The van der Waals surface area contributed by atoms with E-state index in [1.807, 2.05) is 6.92 Å². The number of aromatic nitrogens is 1. The van der Waals surface area contributed by atoms with Crippen molar-refractivity contribution < 1.29 is 14.3 Å². The van der Waals surface area contributed by atoms with Crippen molar-refractivity contribution in [2.24, 2.45) is 0 Å². The predicted octanol–water partition coefficient (Wildman–Crippen LogP) is 2.78. The highest BCUT2D eigenvalue weighted by Crippen LogP contribution is 2.24. The number of nitrogens with zero attached hydrogens (tertiary/aromatic N) is 1. The number of carbonyl (C=O) groups excluding carboxylic acids is 1. The summed E-state index contributed by atoms with van der Waals surface area (Å²) in [7, 11) is 0. The molecule has 1 heterocycles. The molecule has 0 saturated carbocycles. The monoisotopic (exact) mass is 306 g/mol. The van der Waals surface area contributed by atoms with Crippen molar-refractivity contribution in [2.45, 2.75) is 33.1 Å². The van der Waals surface area contributed by atoms with Gasteiger partial charge in [0.1, 0.15) is 5.82 Å². The number of hydrogen-bond donors (Lipinski definition) is 2. The highest BCUT2D eigenvalue weighted by Gasteiger charge is 2.17. The van der Waals surface area contributed by atoms with Gasteiger partial charge >= 0.3 is 0 Å². The summed E-state index contributed by atoms with van der Waals surface area (Å²) >= 11 is 0. The van der Waals surface area contributed by atoms with Crippen LogP contribution in [0.15, 0.2) is 18.2 Å². The third-order valence-corrected chi connectivity index (χ3v) is 3.91. The maximum Gasteiger partial charge on any atom is 0.227 e. The van der Waals surface area contributed by atoms with Gasteiger partial charge in [0.25, 0.3) is 0 Å². The summed E-state index contributed by atoms with van der Waals surface area (Å²) < 4.78 is 13.5. The van der Waals surface area contributed by atoms with Crippen molar-refractivity contribution in [1.82, 2.24) is 9.88 Å². The zero-order valence-electron chi connectivity index (χ0n) is 13.2. The minimum Gasteiger partial charge on any atom is -0.395 e. The van der Waals surface area contributed by atoms with E-state index in [2.05, 4.69) is 11.9 Å². The second-order valence-electron chi connectivity index (χ2n) is 5.55. The fourth-order valence-corrected chi connectivity index (χ4v) is 2.68. The van der Waals surface area contributed by atoms with Gasteiger partial charge in [0, 0.05) is 29.7 Å². The second-order valence-corrected chi connectivity index (χ2v) is 5.55. The van der Waals surface area contributed by atoms with Crippen molar-refractivity contribution in [2.75, 3.05) is 19.7 Å². The van der Waals surface area contributed by atoms with E-state index in [0.29, 0.717) is 13.1 Å². The Kier molecular flexibility index (Phi) is 5.55. The summed E-state index contributed by atoms with van der Waals surface area (Å²) in [5.41, 5.74) is 2.55. The number of aromatic amines is 1. The highest BCUT2D eigenvalue weighted by molar-refractivity contribution is 5.90. The maximum atomic E-state index is 13.5.